The van der Waals surface area contributed by atoms with E-state index in [9.17, 15) is 13.5 Å². The number of nitroso groups, excluding NO2 is 1. The SMILES string of the molecule is O=Nc1nc(-c2cc(-c3ccon3)n(Cc3ccccc3F)n2)ncc1S(=O)c1ccccn1. The van der Waals surface area contributed by atoms with Gasteiger partial charge in [-0.25, -0.2) is 23.6 Å². The molecule has 0 fully saturated rings. The monoisotopic (exact) mass is 475 g/mol. The molecule has 0 amide bonds. The molecular formula is C22H14FN7O3S. The molecule has 0 spiro atoms. The molecule has 34 heavy (non-hydrogen) atoms. The highest BCUT2D eigenvalue weighted by molar-refractivity contribution is 7.85. The van der Waals surface area contributed by atoms with Gasteiger partial charge in [-0.3, -0.25) is 4.68 Å². The molecule has 0 saturated heterocycles. The second-order valence-electron chi connectivity index (χ2n) is 6.96. The molecule has 0 bridgehead atoms. The van der Waals surface area contributed by atoms with E-state index >= 15 is 0 Å². The maximum Gasteiger partial charge on any atom is 0.216 e. The fourth-order valence-corrected chi connectivity index (χ4v) is 4.22. The summed E-state index contributed by atoms with van der Waals surface area (Å²) in [5.74, 6) is -0.593. The molecule has 1 atom stereocenters. The van der Waals surface area contributed by atoms with E-state index in [0.717, 1.165) is 0 Å². The number of hydrogen-bond donors (Lipinski definition) is 0. The third-order valence-electron chi connectivity index (χ3n) is 4.84. The van der Waals surface area contributed by atoms with Crippen molar-refractivity contribution in [2.45, 2.75) is 16.5 Å². The van der Waals surface area contributed by atoms with Gasteiger partial charge in [0.25, 0.3) is 0 Å². The summed E-state index contributed by atoms with van der Waals surface area (Å²) >= 11 is 0. The van der Waals surface area contributed by atoms with Gasteiger partial charge in [-0.1, -0.05) is 29.4 Å². The lowest BCUT2D eigenvalue weighted by Gasteiger charge is -2.06. The summed E-state index contributed by atoms with van der Waals surface area (Å²) in [6.45, 7) is 0.107. The molecular weight excluding hydrogens is 461 g/mol. The molecule has 5 rings (SSSR count). The van der Waals surface area contributed by atoms with Crippen molar-refractivity contribution in [2.24, 2.45) is 5.18 Å². The van der Waals surface area contributed by atoms with E-state index in [4.69, 9.17) is 4.52 Å². The van der Waals surface area contributed by atoms with Crippen molar-refractivity contribution in [1.82, 2.24) is 29.9 Å². The van der Waals surface area contributed by atoms with Crippen molar-refractivity contribution in [2.75, 3.05) is 0 Å². The zero-order valence-electron chi connectivity index (χ0n) is 17.3. The van der Waals surface area contributed by atoms with Crippen LogP contribution in [0.2, 0.25) is 0 Å². The summed E-state index contributed by atoms with van der Waals surface area (Å²) in [4.78, 5) is 24.0. The fraction of sp³-hybridized carbons (Fsp3) is 0.0455. The molecule has 10 nitrogen and oxygen atoms in total. The zero-order valence-corrected chi connectivity index (χ0v) is 18.1. The van der Waals surface area contributed by atoms with Gasteiger partial charge < -0.3 is 4.52 Å². The van der Waals surface area contributed by atoms with Crippen LogP contribution in [-0.2, 0) is 17.3 Å². The van der Waals surface area contributed by atoms with E-state index in [1.807, 2.05) is 0 Å². The number of benzene rings is 1. The van der Waals surface area contributed by atoms with Gasteiger partial charge in [-0.05, 0) is 29.4 Å². The van der Waals surface area contributed by atoms with Gasteiger partial charge in [-0.15, -0.1) is 4.91 Å². The molecule has 12 heteroatoms. The highest BCUT2D eigenvalue weighted by Crippen LogP contribution is 2.28. The minimum absolute atomic E-state index is 0.0277. The molecule has 5 aromatic rings. The van der Waals surface area contributed by atoms with E-state index in [1.165, 1.54) is 29.4 Å². The van der Waals surface area contributed by atoms with Crippen molar-refractivity contribution in [3.05, 3.63) is 89.5 Å². The van der Waals surface area contributed by atoms with Crippen molar-refractivity contribution < 1.29 is 13.1 Å². The Labute approximate surface area is 193 Å². The second kappa shape index (κ2) is 9.19. The van der Waals surface area contributed by atoms with Crippen LogP contribution in [-0.4, -0.2) is 34.1 Å². The Bertz CT molecular complexity index is 1490. The lowest BCUT2D eigenvalue weighted by molar-refractivity contribution is 0.421. The van der Waals surface area contributed by atoms with E-state index in [1.54, 1.807) is 48.5 Å². The van der Waals surface area contributed by atoms with Crippen LogP contribution in [0.5, 0.6) is 0 Å². The first kappa shape index (κ1) is 21.4. The third kappa shape index (κ3) is 4.13. The number of nitrogens with zero attached hydrogens (tertiary/aromatic N) is 7. The maximum absolute atomic E-state index is 14.3. The third-order valence-corrected chi connectivity index (χ3v) is 6.15. The Morgan fingerprint density at radius 2 is 1.91 bits per heavy atom. The van der Waals surface area contributed by atoms with Crippen LogP contribution in [0.4, 0.5) is 10.2 Å². The van der Waals surface area contributed by atoms with Gasteiger partial charge in [0.05, 0.1) is 12.2 Å². The number of aromatic nitrogens is 6. The fourth-order valence-electron chi connectivity index (χ4n) is 3.24. The summed E-state index contributed by atoms with van der Waals surface area (Å²) in [6.07, 6.45) is 4.15. The summed E-state index contributed by atoms with van der Waals surface area (Å²) in [6, 6.07) is 14.5. The molecule has 4 heterocycles. The summed E-state index contributed by atoms with van der Waals surface area (Å²) in [5, 5.41) is 11.6. The van der Waals surface area contributed by atoms with Crippen LogP contribution in [0.25, 0.3) is 22.9 Å². The van der Waals surface area contributed by atoms with E-state index < -0.39 is 10.8 Å². The van der Waals surface area contributed by atoms with Crippen LogP contribution >= 0.6 is 0 Å². The van der Waals surface area contributed by atoms with E-state index in [-0.39, 0.29) is 39.6 Å². The summed E-state index contributed by atoms with van der Waals surface area (Å²) in [7, 11) is -1.80. The van der Waals surface area contributed by atoms with Gasteiger partial charge in [0, 0.05) is 24.0 Å². The van der Waals surface area contributed by atoms with Gasteiger partial charge in [0.1, 0.15) is 44.2 Å². The normalized spacial score (nSPS) is 11.9. The highest BCUT2D eigenvalue weighted by atomic mass is 32.2. The Balaban J connectivity index is 1.55. The molecule has 1 unspecified atom stereocenters. The number of pyridine rings is 1. The Hall–Kier alpha value is -4.45. The first-order chi connectivity index (χ1) is 16.6. The summed E-state index contributed by atoms with van der Waals surface area (Å²) < 4.78 is 33.5. The van der Waals surface area contributed by atoms with Crippen molar-refractivity contribution in [3.63, 3.8) is 0 Å². The predicted octanol–water partition coefficient (Wildman–Crippen LogP) is 4.14. The summed E-state index contributed by atoms with van der Waals surface area (Å²) in [5.41, 5.74) is 1.70. The molecule has 0 aliphatic heterocycles. The molecule has 4 aromatic heterocycles. The van der Waals surface area contributed by atoms with Gasteiger partial charge in [-0.2, -0.15) is 5.10 Å². The lowest BCUT2D eigenvalue weighted by atomic mass is 10.2. The topological polar surface area (TPSA) is 129 Å². The van der Waals surface area contributed by atoms with E-state index in [0.29, 0.717) is 17.0 Å². The maximum atomic E-state index is 14.3. The lowest BCUT2D eigenvalue weighted by Crippen LogP contribution is -2.06. The quantitative estimate of drug-likeness (QED) is 0.321. The number of hydrogen-bond acceptors (Lipinski definition) is 9. The average Bonchev–Trinajstić information content (AvgIpc) is 3.55. The minimum Gasteiger partial charge on any atom is -0.364 e. The molecule has 168 valence electrons. The van der Waals surface area contributed by atoms with Crippen LogP contribution in [0.15, 0.2) is 92.9 Å². The largest absolute Gasteiger partial charge is 0.364 e. The molecule has 0 aliphatic rings. The number of rotatable bonds is 7. The van der Waals surface area contributed by atoms with Crippen molar-refractivity contribution >= 4 is 16.6 Å². The highest BCUT2D eigenvalue weighted by Gasteiger charge is 2.21. The predicted molar refractivity (Wildman–Crippen MR) is 119 cm³/mol. The van der Waals surface area contributed by atoms with Crippen LogP contribution in [0.3, 0.4) is 0 Å². The Morgan fingerprint density at radius 3 is 2.65 bits per heavy atom. The second-order valence-corrected chi connectivity index (χ2v) is 8.35. The zero-order chi connectivity index (χ0) is 23.5. The van der Waals surface area contributed by atoms with Gasteiger partial charge in [0.15, 0.2) is 5.82 Å². The average molecular weight is 475 g/mol. The van der Waals surface area contributed by atoms with Crippen LogP contribution in [0.1, 0.15) is 5.56 Å². The first-order valence-electron chi connectivity index (χ1n) is 9.89. The molecule has 1 aromatic carbocycles. The van der Waals surface area contributed by atoms with Crippen LogP contribution < -0.4 is 0 Å². The smallest absolute Gasteiger partial charge is 0.216 e. The molecule has 0 aliphatic carbocycles. The van der Waals surface area contributed by atoms with Gasteiger partial charge in [0.2, 0.25) is 5.82 Å². The minimum atomic E-state index is -1.80. The van der Waals surface area contributed by atoms with Gasteiger partial charge >= 0.3 is 0 Å². The molecule has 0 N–H and O–H groups in total. The van der Waals surface area contributed by atoms with Crippen molar-refractivity contribution in [1.29, 1.82) is 0 Å². The van der Waals surface area contributed by atoms with Crippen molar-refractivity contribution in [3.8, 4) is 22.9 Å². The molecule has 0 radical (unpaired) electrons. The van der Waals surface area contributed by atoms with Crippen LogP contribution in [0, 0.1) is 10.7 Å². The first-order valence-corrected chi connectivity index (χ1v) is 11.0. The standard InChI is InChI=1S/C22H14FN7O3S/c23-15-6-2-1-5-14(15)13-30-18(16-8-10-33-29-16)11-17(27-30)21-25-12-19(22(26-21)28-31)34(32)20-7-3-4-9-24-20/h1-12H,13H2. The Morgan fingerprint density at radius 1 is 1.06 bits per heavy atom. The number of halogens is 1. The molecule has 0 saturated carbocycles. The Kier molecular flexibility index (Phi) is 5.79. The van der Waals surface area contributed by atoms with E-state index in [2.05, 4.69) is 30.4 Å².